The predicted octanol–water partition coefficient (Wildman–Crippen LogP) is 3.19. The number of nitrogens with zero attached hydrogens (tertiary/aromatic N) is 2. The molecule has 2 aromatic rings. The molecule has 1 heterocycles. The van der Waals surface area contributed by atoms with Gasteiger partial charge in [-0.05, 0) is 31.0 Å². The van der Waals surface area contributed by atoms with Crippen molar-refractivity contribution in [1.82, 2.24) is 9.78 Å². The lowest BCUT2D eigenvalue weighted by molar-refractivity contribution is 0.194. The molecule has 1 aromatic carbocycles. The van der Waals surface area contributed by atoms with E-state index in [1.54, 1.807) is 29.9 Å². The molecule has 96 valence electrons. The molecule has 0 aliphatic heterocycles. The number of hydrogen-bond donors (Lipinski definition) is 1. The maximum Gasteiger partial charge on any atom is 0.131 e. The average Bonchev–Trinajstić information content (AvgIpc) is 2.77. The van der Waals surface area contributed by atoms with Crippen LogP contribution in [0.5, 0.6) is 0 Å². The molecule has 1 aromatic heterocycles. The lowest BCUT2D eigenvalue weighted by Gasteiger charge is -2.13. The van der Waals surface area contributed by atoms with Gasteiger partial charge in [-0.1, -0.05) is 19.9 Å². The fraction of sp³-hybridized carbons (Fsp3) is 0.357. The molecular weight excluding hydrogens is 231 g/mol. The molecule has 2 rings (SSSR count). The molecule has 3 nitrogen and oxygen atoms in total. The molecule has 0 saturated heterocycles. The minimum Gasteiger partial charge on any atom is -0.389 e. The first-order chi connectivity index (χ1) is 8.50. The number of aliphatic hydroxyl groups excluding tert-OH is 1. The van der Waals surface area contributed by atoms with Gasteiger partial charge in [0, 0.05) is 11.8 Å². The summed E-state index contributed by atoms with van der Waals surface area (Å²) >= 11 is 0. The summed E-state index contributed by atoms with van der Waals surface area (Å²) in [6.07, 6.45) is 0.920. The number of hydrogen-bond acceptors (Lipinski definition) is 2. The van der Waals surface area contributed by atoms with Crippen molar-refractivity contribution in [3.05, 3.63) is 47.5 Å². The van der Waals surface area contributed by atoms with Crippen molar-refractivity contribution in [2.45, 2.75) is 32.8 Å². The molecule has 0 aliphatic rings. The van der Waals surface area contributed by atoms with Gasteiger partial charge < -0.3 is 5.11 Å². The minimum absolute atomic E-state index is 0.274. The second-order valence-electron chi connectivity index (χ2n) is 4.69. The Morgan fingerprint density at radius 1 is 1.22 bits per heavy atom. The Hall–Kier alpha value is -1.68. The Morgan fingerprint density at radius 2 is 1.94 bits per heavy atom. The van der Waals surface area contributed by atoms with Crippen molar-refractivity contribution < 1.29 is 9.50 Å². The summed E-state index contributed by atoms with van der Waals surface area (Å²) in [5.74, 6) is -0.0982. The lowest BCUT2D eigenvalue weighted by atomic mass is 10.1. The van der Waals surface area contributed by atoms with Crippen LogP contribution in [0.3, 0.4) is 0 Å². The molecule has 0 amide bonds. The monoisotopic (exact) mass is 248 g/mol. The highest BCUT2D eigenvalue weighted by Crippen LogP contribution is 2.25. The molecule has 0 radical (unpaired) electrons. The van der Waals surface area contributed by atoms with Crippen LogP contribution < -0.4 is 0 Å². The summed E-state index contributed by atoms with van der Waals surface area (Å²) in [6, 6.07) is 6.62. The van der Waals surface area contributed by atoms with Gasteiger partial charge in [0.05, 0.1) is 17.5 Å². The first kappa shape index (κ1) is 12.8. The number of rotatable bonds is 3. The fourth-order valence-electron chi connectivity index (χ4n) is 1.92. The Bertz CT molecular complexity index is 546. The first-order valence-electron chi connectivity index (χ1n) is 6.03. The number of aliphatic hydroxyl groups is 1. The van der Waals surface area contributed by atoms with Crippen LogP contribution in [0.25, 0.3) is 5.69 Å². The van der Waals surface area contributed by atoms with E-state index < -0.39 is 11.9 Å². The van der Waals surface area contributed by atoms with Gasteiger partial charge >= 0.3 is 0 Å². The number of halogens is 1. The highest BCUT2D eigenvalue weighted by Gasteiger charge is 2.15. The van der Waals surface area contributed by atoms with Crippen LogP contribution in [0.2, 0.25) is 0 Å². The van der Waals surface area contributed by atoms with Gasteiger partial charge in [0.15, 0.2) is 0 Å². The van der Waals surface area contributed by atoms with Crippen LogP contribution in [0.4, 0.5) is 4.39 Å². The largest absolute Gasteiger partial charge is 0.389 e. The topological polar surface area (TPSA) is 38.0 Å². The summed E-state index contributed by atoms with van der Waals surface area (Å²) in [4.78, 5) is 0. The molecule has 18 heavy (non-hydrogen) atoms. The van der Waals surface area contributed by atoms with E-state index in [2.05, 4.69) is 5.10 Å². The van der Waals surface area contributed by atoms with Crippen LogP contribution in [0.15, 0.2) is 30.5 Å². The van der Waals surface area contributed by atoms with Crippen molar-refractivity contribution in [2.75, 3.05) is 0 Å². The smallest absolute Gasteiger partial charge is 0.131 e. The highest BCUT2D eigenvalue weighted by molar-refractivity contribution is 5.42. The predicted molar refractivity (Wildman–Crippen MR) is 68.2 cm³/mol. The molecule has 0 saturated carbocycles. The Balaban J connectivity index is 2.53. The summed E-state index contributed by atoms with van der Waals surface area (Å²) in [5.41, 5.74) is 1.80. The maximum atomic E-state index is 13.8. The summed E-state index contributed by atoms with van der Waals surface area (Å²) in [7, 11) is 0. The van der Waals surface area contributed by atoms with Crippen molar-refractivity contribution >= 4 is 0 Å². The third kappa shape index (κ3) is 2.29. The molecule has 1 N–H and O–H groups in total. The van der Waals surface area contributed by atoms with Crippen molar-refractivity contribution in [3.63, 3.8) is 0 Å². The Kier molecular flexibility index (Phi) is 3.48. The van der Waals surface area contributed by atoms with Crippen LogP contribution in [-0.4, -0.2) is 14.9 Å². The number of benzene rings is 1. The second-order valence-corrected chi connectivity index (χ2v) is 4.69. The van der Waals surface area contributed by atoms with Gasteiger partial charge in [-0.15, -0.1) is 0 Å². The zero-order valence-corrected chi connectivity index (χ0v) is 10.8. The van der Waals surface area contributed by atoms with Crippen molar-refractivity contribution in [1.29, 1.82) is 0 Å². The van der Waals surface area contributed by atoms with E-state index in [1.165, 1.54) is 6.07 Å². The summed E-state index contributed by atoms with van der Waals surface area (Å²) in [5, 5.41) is 14.1. The molecule has 0 spiro atoms. The van der Waals surface area contributed by atoms with E-state index in [4.69, 9.17) is 0 Å². The van der Waals surface area contributed by atoms with E-state index in [1.807, 2.05) is 19.9 Å². The molecule has 0 fully saturated rings. The first-order valence-corrected chi connectivity index (χ1v) is 6.03. The van der Waals surface area contributed by atoms with Gasteiger partial charge in [0.25, 0.3) is 0 Å². The number of aromatic nitrogens is 2. The van der Waals surface area contributed by atoms with Gasteiger partial charge in [0.1, 0.15) is 5.82 Å². The molecule has 0 bridgehead atoms. The van der Waals surface area contributed by atoms with Crippen molar-refractivity contribution in [2.24, 2.45) is 0 Å². The van der Waals surface area contributed by atoms with Crippen LogP contribution in [-0.2, 0) is 0 Å². The van der Waals surface area contributed by atoms with E-state index >= 15 is 0 Å². The molecular formula is C14H17FN2O. The quantitative estimate of drug-likeness (QED) is 0.905. The van der Waals surface area contributed by atoms with Crippen LogP contribution in [0, 0.1) is 5.82 Å². The average molecular weight is 248 g/mol. The summed E-state index contributed by atoms with van der Waals surface area (Å²) in [6.45, 7) is 5.65. The van der Waals surface area contributed by atoms with Gasteiger partial charge in [-0.3, -0.25) is 0 Å². The lowest BCUT2D eigenvalue weighted by Crippen LogP contribution is -2.06. The minimum atomic E-state index is -0.868. The fourth-order valence-corrected chi connectivity index (χ4v) is 1.92. The van der Waals surface area contributed by atoms with E-state index in [0.717, 1.165) is 5.69 Å². The SMILES string of the molecule is CC(C)c1ccn(-c2cccc(F)c2[C@H](C)O)n1. The third-order valence-electron chi connectivity index (χ3n) is 2.90. The molecule has 0 unspecified atom stereocenters. The van der Waals surface area contributed by atoms with Crippen LogP contribution in [0.1, 0.15) is 44.1 Å². The van der Waals surface area contributed by atoms with Gasteiger partial charge in [-0.2, -0.15) is 5.10 Å². The van der Waals surface area contributed by atoms with Gasteiger partial charge in [-0.25, -0.2) is 9.07 Å². The zero-order valence-electron chi connectivity index (χ0n) is 10.8. The Labute approximate surface area is 106 Å². The molecule has 1 atom stereocenters. The summed E-state index contributed by atoms with van der Waals surface area (Å²) < 4.78 is 15.4. The van der Waals surface area contributed by atoms with E-state index in [9.17, 15) is 9.50 Å². The molecule has 0 aliphatic carbocycles. The normalized spacial score (nSPS) is 13.0. The van der Waals surface area contributed by atoms with E-state index in [-0.39, 0.29) is 5.56 Å². The van der Waals surface area contributed by atoms with Crippen LogP contribution >= 0.6 is 0 Å². The Morgan fingerprint density at radius 3 is 2.50 bits per heavy atom. The maximum absolute atomic E-state index is 13.8. The highest BCUT2D eigenvalue weighted by atomic mass is 19.1. The standard InChI is InChI=1S/C14H17FN2O/c1-9(2)12-7-8-17(16-12)13-6-4-5-11(15)14(13)10(3)18/h4-10,18H,1-3H3/t10-/m0/s1. The van der Waals surface area contributed by atoms with E-state index in [0.29, 0.717) is 11.6 Å². The third-order valence-corrected chi connectivity index (χ3v) is 2.90. The van der Waals surface area contributed by atoms with Gasteiger partial charge in [0.2, 0.25) is 0 Å². The van der Waals surface area contributed by atoms with Crippen molar-refractivity contribution in [3.8, 4) is 5.69 Å². The zero-order chi connectivity index (χ0) is 13.3. The molecule has 4 heteroatoms. The second kappa shape index (κ2) is 4.90.